The van der Waals surface area contributed by atoms with E-state index in [9.17, 15) is 4.79 Å². The molecule has 0 saturated heterocycles. The fourth-order valence-electron chi connectivity index (χ4n) is 2.72. The monoisotopic (exact) mass is 418 g/mol. The highest BCUT2D eigenvalue weighted by Crippen LogP contribution is 2.17. The van der Waals surface area contributed by atoms with Crippen molar-refractivity contribution in [2.45, 2.75) is 0 Å². The van der Waals surface area contributed by atoms with Crippen molar-refractivity contribution in [2.75, 3.05) is 7.11 Å². The molecule has 0 unspecified atom stereocenters. The van der Waals surface area contributed by atoms with Gasteiger partial charge in [-0.15, -0.1) is 0 Å². The summed E-state index contributed by atoms with van der Waals surface area (Å²) < 4.78 is 4.82. The van der Waals surface area contributed by atoms with Crippen molar-refractivity contribution in [1.82, 2.24) is 0 Å². The molecule has 0 saturated carbocycles. The van der Waals surface area contributed by atoms with E-state index >= 15 is 0 Å². The number of halogens is 2. The van der Waals surface area contributed by atoms with Gasteiger partial charge in [-0.05, 0) is 54.1 Å². The predicted octanol–water partition coefficient (Wildman–Crippen LogP) is 4.05. The molecule has 0 bridgehead atoms. The number of fused-ring (bicyclic) bond motifs is 2. The van der Waals surface area contributed by atoms with Crippen LogP contribution in [0.3, 0.4) is 0 Å². The average molecular weight is 420 g/mol. The highest BCUT2D eigenvalue weighted by atomic mass is 79.9. The lowest BCUT2D eigenvalue weighted by Gasteiger charge is -2.08. The predicted molar refractivity (Wildman–Crippen MR) is 98.8 cm³/mol. The molecule has 110 valence electrons. The van der Waals surface area contributed by atoms with E-state index in [4.69, 9.17) is 4.74 Å². The third-order valence-electron chi connectivity index (χ3n) is 3.75. The maximum absolute atomic E-state index is 11.8. The van der Waals surface area contributed by atoms with Gasteiger partial charge in [-0.1, -0.05) is 62.2 Å². The normalized spacial score (nSPS) is 13.0. The molecule has 0 spiro atoms. The van der Waals surface area contributed by atoms with Crippen molar-refractivity contribution in [3.63, 3.8) is 0 Å². The molecule has 0 heterocycles. The molecule has 3 rings (SSSR count). The van der Waals surface area contributed by atoms with Gasteiger partial charge in [-0.2, -0.15) is 0 Å². The second-order valence-corrected chi connectivity index (χ2v) is 5.76. The number of ether oxygens (including phenoxy) is 1. The highest BCUT2D eigenvalue weighted by Gasteiger charge is 2.10. The van der Waals surface area contributed by atoms with Crippen LogP contribution in [0.4, 0.5) is 0 Å². The van der Waals surface area contributed by atoms with Gasteiger partial charge in [0.25, 0.3) is 0 Å². The molecule has 0 aliphatic rings. The molecule has 2 nitrogen and oxygen atoms in total. The fraction of sp³-hybridized carbons (Fsp3) is 0.0556. The number of benzene rings is 3. The zero-order chi connectivity index (χ0) is 15.7. The van der Waals surface area contributed by atoms with Gasteiger partial charge in [0.2, 0.25) is 0 Å². The molecule has 0 N–H and O–H groups in total. The molecule has 0 amide bonds. The van der Waals surface area contributed by atoms with Crippen molar-refractivity contribution in [2.24, 2.45) is 0 Å². The molecule has 0 aliphatic carbocycles. The Morgan fingerprint density at radius 1 is 0.909 bits per heavy atom. The van der Waals surface area contributed by atoms with Crippen LogP contribution in [0.1, 0.15) is 10.4 Å². The number of methoxy groups -OCH3 is 1. The molecule has 0 atom stereocenters. The molecule has 4 heteroatoms. The second-order valence-electron chi connectivity index (χ2n) is 4.84. The quantitative estimate of drug-likeness (QED) is 0.439. The Kier molecular flexibility index (Phi) is 4.32. The summed E-state index contributed by atoms with van der Waals surface area (Å²) in [4.78, 5) is 15.6. The lowest BCUT2D eigenvalue weighted by molar-refractivity contribution is 0.0601. The van der Waals surface area contributed by atoms with Crippen LogP contribution in [0.15, 0.2) is 42.5 Å². The summed E-state index contributed by atoms with van der Waals surface area (Å²) in [5, 5.41) is 6.51. The van der Waals surface area contributed by atoms with E-state index in [2.05, 4.69) is 44.0 Å². The standard InChI is InChI=1S/C18H12Br2O2/c1-22-18(21)11-6-7-14-15(8-11)17(10-20)13-5-3-2-4-12(13)16(14)9-19/h2-10H,1H3/b16-9+,17-10-. The zero-order valence-corrected chi connectivity index (χ0v) is 14.9. The van der Waals surface area contributed by atoms with Crippen molar-refractivity contribution >= 4 is 69.3 Å². The Bertz CT molecular complexity index is 1010. The summed E-state index contributed by atoms with van der Waals surface area (Å²) in [6.45, 7) is 0. The highest BCUT2D eigenvalue weighted by molar-refractivity contribution is 9.14. The lowest BCUT2D eigenvalue weighted by atomic mass is 9.97. The van der Waals surface area contributed by atoms with Gasteiger partial charge in [-0.25, -0.2) is 4.79 Å². The minimum atomic E-state index is -0.333. The summed E-state index contributed by atoms with van der Waals surface area (Å²) >= 11 is 6.93. The van der Waals surface area contributed by atoms with Gasteiger partial charge in [-0.3, -0.25) is 0 Å². The van der Waals surface area contributed by atoms with E-state index in [0.29, 0.717) is 5.56 Å². The smallest absolute Gasteiger partial charge is 0.337 e. The van der Waals surface area contributed by atoms with Gasteiger partial charge < -0.3 is 4.74 Å². The molecular weight excluding hydrogens is 408 g/mol. The first-order valence-corrected chi connectivity index (χ1v) is 8.48. The van der Waals surface area contributed by atoms with Crippen LogP contribution in [0, 0.1) is 0 Å². The van der Waals surface area contributed by atoms with Crippen LogP contribution in [-0.2, 0) is 4.74 Å². The van der Waals surface area contributed by atoms with E-state index in [1.165, 1.54) is 7.11 Å². The number of esters is 1. The van der Waals surface area contributed by atoms with E-state index in [-0.39, 0.29) is 5.97 Å². The molecule has 0 radical (unpaired) electrons. The summed E-state index contributed by atoms with van der Waals surface area (Å²) in [6.07, 6.45) is 0. The van der Waals surface area contributed by atoms with Crippen LogP contribution >= 0.6 is 31.9 Å². The summed E-state index contributed by atoms with van der Waals surface area (Å²) in [6, 6.07) is 13.8. The van der Waals surface area contributed by atoms with Crippen LogP contribution in [0.2, 0.25) is 0 Å². The minimum Gasteiger partial charge on any atom is -0.465 e. The summed E-state index contributed by atoms with van der Waals surface area (Å²) in [7, 11) is 1.39. The first-order chi connectivity index (χ1) is 10.7. The van der Waals surface area contributed by atoms with Crippen LogP contribution < -0.4 is 10.4 Å². The Morgan fingerprint density at radius 3 is 2.00 bits per heavy atom. The molecule has 3 aromatic carbocycles. The second kappa shape index (κ2) is 6.23. The third kappa shape index (κ3) is 2.36. The van der Waals surface area contributed by atoms with Crippen molar-refractivity contribution in [1.29, 1.82) is 0 Å². The van der Waals surface area contributed by atoms with E-state index in [1.54, 1.807) is 6.07 Å². The number of hydrogen-bond acceptors (Lipinski definition) is 2. The van der Waals surface area contributed by atoms with Crippen LogP contribution in [0.5, 0.6) is 0 Å². The molecule has 3 aromatic rings. The third-order valence-corrected chi connectivity index (χ3v) is 4.66. The molecule has 0 aromatic heterocycles. The largest absolute Gasteiger partial charge is 0.465 e. The van der Waals surface area contributed by atoms with Crippen molar-refractivity contribution in [3.8, 4) is 0 Å². The summed E-state index contributed by atoms with van der Waals surface area (Å²) in [5.41, 5.74) is 0.543. The Hall–Kier alpha value is -1.65. The maximum atomic E-state index is 11.8. The Morgan fingerprint density at radius 2 is 1.45 bits per heavy atom. The Labute approximate surface area is 144 Å². The van der Waals surface area contributed by atoms with Crippen molar-refractivity contribution < 1.29 is 9.53 Å². The number of hydrogen-bond donors (Lipinski definition) is 0. The van der Waals surface area contributed by atoms with Gasteiger partial charge in [0.05, 0.1) is 12.7 Å². The average Bonchev–Trinajstić information content (AvgIpc) is 2.58. The van der Waals surface area contributed by atoms with Gasteiger partial charge >= 0.3 is 5.97 Å². The van der Waals surface area contributed by atoms with E-state index in [0.717, 1.165) is 32.0 Å². The first kappa shape index (κ1) is 15.3. The van der Waals surface area contributed by atoms with Gasteiger partial charge in [0.1, 0.15) is 0 Å². The molecule has 0 fully saturated rings. The number of carbonyl (C=O) groups is 1. The maximum Gasteiger partial charge on any atom is 0.337 e. The first-order valence-electron chi connectivity index (χ1n) is 6.65. The zero-order valence-electron chi connectivity index (χ0n) is 11.8. The fourth-order valence-corrected chi connectivity index (χ4v) is 3.71. The number of rotatable bonds is 1. The molecular formula is C18H12Br2O2. The molecule has 0 aliphatic heterocycles. The van der Waals surface area contributed by atoms with E-state index < -0.39 is 0 Å². The number of carbonyl (C=O) groups excluding carboxylic acids is 1. The minimum absolute atomic E-state index is 0.333. The lowest BCUT2D eigenvalue weighted by Crippen LogP contribution is -2.14. The van der Waals surface area contributed by atoms with Gasteiger partial charge in [0.15, 0.2) is 0 Å². The van der Waals surface area contributed by atoms with Crippen LogP contribution in [0.25, 0.3) is 31.5 Å². The van der Waals surface area contributed by atoms with Crippen molar-refractivity contribution in [3.05, 3.63) is 58.5 Å². The summed E-state index contributed by atoms with van der Waals surface area (Å²) in [5.74, 6) is -0.333. The SMILES string of the molecule is COC(=O)c1ccc2/c(=C/Br)c3ccccc3/c(=C/Br)c2c1. The van der Waals surface area contributed by atoms with Crippen LogP contribution in [-0.4, -0.2) is 13.1 Å². The Balaban J connectivity index is 2.60. The molecule has 22 heavy (non-hydrogen) atoms. The van der Waals surface area contributed by atoms with Gasteiger partial charge in [0, 0.05) is 0 Å². The van der Waals surface area contributed by atoms with E-state index in [1.807, 2.05) is 34.2 Å². The topological polar surface area (TPSA) is 26.3 Å².